The normalized spacial score (nSPS) is 20.4. The molecule has 2 aliphatic rings. The largest absolute Gasteiger partial charge is 0.465 e. The van der Waals surface area contributed by atoms with Gasteiger partial charge >= 0.3 is 18.4 Å². The van der Waals surface area contributed by atoms with Crippen molar-refractivity contribution in [1.82, 2.24) is 19.6 Å². The highest BCUT2D eigenvalue weighted by Gasteiger charge is 2.40. The van der Waals surface area contributed by atoms with E-state index < -0.39 is 54.1 Å². The maximum Gasteiger partial charge on any atom is 0.416 e. The molecule has 43 heavy (non-hydrogen) atoms. The molecular weight excluding hydrogens is 604 g/mol. The zero-order valence-corrected chi connectivity index (χ0v) is 23.0. The van der Waals surface area contributed by atoms with Crippen LogP contribution < -0.4 is 0 Å². The fraction of sp³-hybridized carbons (Fsp3) is 0.333. The van der Waals surface area contributed by atoms with Gasteiger partial charge in [-0.1, -0.05) is 12.1 Å². The summed E-state index contributed by atoms with van der Waals surface area (Å²) in [6, 6.07) is 5.51. The predicted octanol–water partition coefficient (Wildman–Crippen LogP) is 5.14. The van der Waals surface area contributed by atoms with Crippen molar-refractivity contribution < 1.29 is 46.1 Å². The number of amides is 2. The van der Waals surface area contributed by atoms with Crippen LogP contribution in [-0.2, 0) is 23.7 Å². The van der Waals surface area contributed by atoms with Crippen LogP contribution in [0.5, 0.6) is 0 Å². The molecule has 228 valence electrons. The summed E-state index contributed by atoms with van der Waals surface area (Å²) in [5, 5.41) is 24.1. The van der Waals surface area contributed by atoms with Crippen molar-refractivity contribution in [1.29, 1.82) is 0 Å². The molecule has 1 fully saturated rings. The van der Waals surface area contributed by atoms with Crippen molar-refractivity contribution in [2.75, 3.05) is 20.2 Å². The molecule has 0 saturated carbocycles. The quantitative estimate of drug-likeness (QED) is 0.298. The van der Waals surface area contributed by atoms with Crippen LogP contribution in [0.2, 0.25) is 0 Å². The molecule has 5 rings (SSSR count). The third-order valence-corrected chi connectivity index (χ3v) is 8.35. The van der Waals surface area contributed by atoms with Gasteiger partial charge in [0.2, 0.25) is 0 Å². The van der Waals surface area contributed by atoms with E-state index in [1.807, 2.05) is 0 Å². The highest BCUT2D eigenvalue weighted by Crippen LogP contribution is 2.38. The zero-order chi connectivity index (χ0) is 31.3. The van der Waals surface area contributed by atoms with Gasteiger partial charge in [0.25, 0.3) is 5.91 Å². The number of nitrogens with zero attached hydrogens (tertiary/aromatic N) is 5. The molecule has 1 saturated heterocycles. The van der Waals surface area contributed by atoms with E-state index in [2.05, 4.69) is 10.1 Å². The van der Waals surface area contributed by atoms with Gasteiger partial charge in [0.15, 0.2) is 5.17 Å². The maximum absolute atomic E-state index is 13.6. The molecule has 0 aliphatic carbocycles. The molecule has 2 atom stereocenters. The van der Waals surface area contributed by atoms with E-state index in [4.69, 9.17) is 0 Å². The number of thioether (sulfide) groups is 1. The Kier molecular flexibility index (Phi) is 7.94. The van der Waals surface area contributed by atoms with Gasteiger partial charge in [-0.25, -0.2) is 4.79 Å². The molecule has 3 aromatic rings. The second kappa shape index (κ2) is 11.2. The van der Waals surface area contributed by atoms with E-state index in [-0.39, 0.29) is 29.7 Å². The van der Waals surface area contributed by atoms with Crippen molar-refractivity contribution in [3.05, 3.63) is 69.8 Å². The van der Waals surface area contributed by atoms with Gasteiger partial charge in [-0.3, -0.25) is 9.48 Å². The Hall–Kier alpha value is -4.05. The van der Waals surface area contributed by atoms with E-state index >= 15 is 0 Å². The molecule has 0 unspecified atom stereocenters. The number of likely N-dealkylation sites (N-methyl/N-ethyl adjacent to an activating group) is 1. The lowest BCUT2D eigenvalue weighted by atomic mass is 10.0. The molecule has 3 heterocycles. The highest BCUT2D eigenvalue weighted by molar-refractivity contribution is 8.18. The molecule has 2 amide bonds. The van der Waals surface area contributed by atoms with Crippen LogP contribution in [0, 0.1) is 0 Å². The number of carbonyl (C=O) groups excluding carboxylic acids is 1. The monoisotopic (exact) mass is 627 g/mol. The second-order valence-corrected chi connectivity index (χ2v) is 11.1. The fourth-order valence-corrected chi connectivity index (χ4v) is 6.04. The summed E-state index contributed by atoms with van der Waals surface area (Å²) in [5.74, 6) is -0.524. The standard InChI is InChI=1S/C27H23F6N5O4S/c1-36(25(41)42)18-9-19(13-39)37(12-18)24-35-23(40)22(43-24)7-14-2-5-21-16(6-14)10-34-38(21)11-15-3-4-17(26(28,29)30)8-20(15)27(31,32)33/h2-8,10,18-19,39H,9,11-13H2,1H3,(H,41,42)/t18-,19-/m1/s1. The van der Waals surface area contributed by atoms with Crippen LogP contribution in [0.1, 0.15) is 28.7 Å². The van der Waals surface area contributed by atoms with Crippen LogP contribution in [0.4, 0.5) is 31.1 Å². The molecule has 1 aromatic heterocycles. The number of hydrogen-bond acceptors (Lipinski definition) is 6. The van der Waals surface area contributed by atoms with Gasteiger partial charge in [-0.2, -0.15) is 36.4 Å². The summed E-state index contributed by atoms with van der Waals surface area (Å²) in [7, 11) is 1.43. The molecule has 2 N–H and O–H groups in total. The first kappa shape index (κ1) is 30.4. The minimum absolute atomic E-state index is 0.0907. The number of alkyl halides is 6. The Labute approximate surface area is 244 Å². The molecule has 16 heteroatoms. The number of carboxylic acid groups (broad SMARTS) is 1. The zero-order valence-electron chi connectivity index (χ0n) is 22.2. The smallest absolute Gasteiger partial charge is 0.416 e. The first-order valence-electron chi connectivity index (χ1n) is 12.7. The molecule has 2 aromatic carbocycles. The Balaban J connectivity index is 1.35. The molecule has 9 nitrogen and oxygen atoms in total. The minimum Gasteiger partial charge on any atom is -0.465 e. The number of likely N-dealkylation sites (tertiary alicyclic amines) is 1. The number of aliphatic imine (C=N–C) groups is 1. The predicted molar refractivity (Wildman–Crippen MR) is 145 cm³/mol. The maximum atomic E-state index is 13.6. The van der Waals surface area contributed by atoms with E-state index in [0.717, 1.165) is 22.7 Å². The Morgan fingerprint density at radius 2 is 1.88 bits per heavy atom. The second-order valence-electron chi connectivity index (χ2n) is 10.1. The summed E-state index contributed by atoms with van der Waals surface area (Å²) in [6.07, 6.45) is -7.71. The van der Waals surface area contributed by atoms with Crippen LogP contribution in [0.15, 0.2) is 52.5 Å². The number of halogens is 6. The van der Waals surface area contributed by atoms with Crippen LogP contribution in [0.3, 0.4) is 0 Å². The number of aliphatic hydroxyl groups is 1. The summed E-state index contributed by atoms with van der Waals surface area (Å²) < 4.78 is 81.2. The fourth-order valence-electron chi connectivity index (χ4n) is 5.05. The number of rotatable bonds is 5. The first-order chi connectivity index (χ1) is 20.2. The first-order valence-corrected chi connectivity index (χ1v) is 13.6. The third kappa shape index (κ3) is 6.20. The van der Waals surface area contributed by atoms with Crippen molar-refractivity contribution in [2.45, 2.75) is 37.4 Å². The van der Waals surface area contributed by atoms with Gasteiger partial charge < -0.3 is 20.0 Å². The average molecular weight is 628 g/mol. The highest BCUT2D eigenvalue weighted by atomic mass is 32.2. The summed E-state index contributed by atoms with van der Waals surface area (Å²) in [6.45, 7) is -0.433. The van der Waals surface area contributed by atoms with Gasteiger partial charge in [-0.15, -0.1) is 0 Å². The lowest BCUT2D eigenvalue weighted by Crippen LogP contribution is -2.39. The average Bonchev–Trinajstić information content (AvgIpc) is 3.64. The molecule has 0 spiro atoms. The van der Waals surface area contributed by atoms with Gasteiger partial charge in [0.05, 0.1) is 53.0 Å². The number of carbonyl (C=O) groups is 2. The number of aromatic nitrogens is 2. The van der Waals surface area contributed by atoms with E-state index in [1.54, 1.807) is 29.2 Å². The summed E-state index contributed by atoms with van der Waals surface area (Å²) in [5.41, 5.74) is -2.19. The number of aliphatic hydroxyl groups excluding tert-OH is 1. The van der Waals surface area contributed by atoms with E-state index in [9.17, 15) is 46.1 Å². The molecule has 2 aliphatic heterocycles. The van der Waals surface area contributed by atoms with Crippen molar-refractivity contribution in [2.24, 2.45) is 4.99 Å². The van der Waals surface area contributed by atoms with E-state index in [1.165, 1.54) is 17.9 Å². The Morgan fingerprint density at radius 1 is 1.14 bits per heavy atom. The van der Waals surface area contributed by atoms with Gasteiger partial charge in [0, 0.05) is 19.0 Å². The van der Waals surface area contributed by atoms with Crippen molar-refractivity contribution in [3.8, 4) is 0 Å². The third-order valence-electron chi connectivity index (χ3n) is 7.33. The topological polar surface area (TPSA) is 111 Å². The van der Waals surface area contributed by atoms with Gasteiger partial charge in [0.1, 0.15) is 0 Å². The Morgan fingerprint density at radius 3 is 2.53 bits per heavy atom. The van der Waals surface area contributed by atoms with Crippen LogP contribution >= 0.6 is 11.8 Å². The number of benzene rings is 2. The number of fused-ring (bicyclic) bond motifs is 1. The summed E-state index contributed by atoms with van der Waals surface area (Å²) in [4.78, 5) is 31.3. The molecule has 0 radical (unpaired) electrons. The lowest BCUT2D eigenvalue weighted by molar-refractivity contribution is -0.143. The number of hydrogen-bond donors (Lipinski definition) is 2. The van der Waals surface area contributed by atoms with Gasteiger partial charge in [-0.05, 0) is 59.7 Å². The van der Waals surface area contributed by atoms with Crippen LogP contribution in [-0.4, -0.2) is 79.2 Å². The molecule has 0 bridgehead atoms. The minimum atomic E-state index is -5.01. The lowest BCUT2D eigenvalue weighted by Gasteiger charge is -2.24. The van der Waals surface area contributed by atoms with Crippen molar-refractivity contribution in [3.63, 3.8) is 0 Å². The SMILES string of the molecule is CN(C(=O)O)[C@@H]1C[C@H](CO)N(C2=NC(=O)C(=Cc3ccc4c(cnn4Cc4ccc(C(F)(F)F)cc4C(F)(F)F)c3)S2)C1. The van der Waals surface area contributed by atoms with E-state index in [0.29, 0.717) is 34.1 Å². The van der Waals surface area contributed by atoms with Crippen molar-refractivity contribution >= 4 is 45.9 Å². The Bertz CT molecular complexity index is 1650. The number of amidine groups is 1. The molecular formula is C27H23F6N5O4S. The van der Waals surface area contributed by atoms with Crippen LogP contribution in [0.25, 0.3) is 17.0 Å². The summed E-state index contributed by atoms with van der Waals surface area (Å²) >= 11 is 1.07.